The number of ether oxygens (including phenoxy) is 1. The number of nitrogens with zero attached hydrogens (tertiary/aromatic N) is 2. The molecule has 0 saturated heterocycles. The van der Waals surface area contributed by atoms with Gasteiger partial charge in [-0.05, 0) is 37.0 Å². The number of pyridine rings is 1. The fourth-order valence-electron chi connectivity index (χ4n) is 4.52. The zero-order valence-electron chi connectivity index (χ0n) is 18.1. The molecule has 1 saturated carbocycles. The summed E-state index contributed by atoms with van der Waals surface area (Å²) in [5.74, 6) is 0.579. The molecule has 0 radical (unpaired) electrons. The number of hydrogen-bond donors (Lipinski definition) is 2. The molecule has 0 amide bonds. The summed E-state index contributed by atoms with van der Waals surface area (Å²) in [6.45, 7) is 1.84. The smallest absolute Gasteiger partial charge is 0.212 e. The predicted octanol–water partition coefficient (Wildman–Crippen LogP) is 5.25. The van der Waals surface area contributed by atoms with Crippen molar-refractivity contribution in [3.05, 3.63) is 78.5 Å². The van der Waals surface area contributed by atoms with Crippen molar-refractivity contribution in [2.45, 2.75) is 30.9 Å². The van der Waals surface area contributed by atoms with E-state index in [1.165, 1.54) is 0 Å². The first-order valence-corrected chi connectivity index (χ1v) is 11.4. The molecule has 0 unspecified atom stereocenters. The first kappa shape index (κ1) is 20.8. The molecule has 1 fully saturated rings. The van der Waals surface area contributed by atoms with E-state index >= 15 is 0 Å². The lowest BCUT2D eigenvalue weighted by Gasteiger charge is -2.49. The standard InChI is InChI=1S/C26H25N3O2S/c1-25(30)15-26(27,16-25)20-11-8-17(9-12-20)22-23(18-6-4-3-5-7-18)32-24(29-22)19-10-13-21(31-2)28-14-19/h3-14,30H,15-16,27H2,1-2H3. The van der Waals surface area contributed by atoms with Gasteiger partial charge < -0.3 is 15.6 Å². The van der Waals surface area contributed by atoms with Crippen LogP contribution in [-0.2, 0) is 5.54 Å². The van der Waals surface area contributed by atoms with Gasteiger partial charge in [-0.15, -0.1) is 11.3 Å². The molecule has 5 rings (SSSR count). The van der Waals surface area contributed by atoms with Gasteiger partial charge in [0.25, 0.3) is 0 Å². The zero-order chi connectivity index (χ0) is 22.3. The van der Waals surface area contributed by atoms with Gasteiger partial charge in [-0.1, -0.05) is 54.6 Å². The van der Waals surface area contributed by atoms with Crippen LogP contribution in [0.5, 0.6) is 5.88 Å². The van der Waals surface area contributed by atoms with Crippen LogP contribution in [0.3, 0.4) is 0 Å². The van der Waals surface area contributed by atoms with Crippen molar-refractivity contribution in [3.8, 4) is 38.1 Å². The fraction of sp³-hybridized carbons (Fsp3) is 0.231. The van der Waals surface area contributed by atoms with Crippen LogP contribution in [0.4, 0.5) is 0 Å². The van der Waals surface area contributed by atoms with Gasteiger partial charge in [0, 0.05) is 28.9 Å². The van der Waals surface area contributed by atoms with Gasteiger partial charge in [0.1, 0.15) is 5.01 Å². The van der Waals surface area contributed by atoms with Crippen molar-refractivity contribution in [1.82, 2.24) is 9.97 Å². The Kier molecular flexibility index (Phi) is 5.08. The van der Waals surface area contributed by atoms with Gasteiger partial charge in [0.05, 0.1) is 23.3 Å². The number of thiazole rings is 1. The monoisotopic (exact) mass is 443 g/mol. The summed E-state index contributed by atoms with van der Waals surface area (Å²) in [4.78, 5) is 10.4. The van der Waals surface area contributed by atoms with E-state index in [-0.39, 0.29) is 0 Å². The second kappa shape index (κ2) is 7.81. The number of hydrogen-bond acceptors (Lipinski definition) is 6. The Labute approximate surface area is 191 Å². The SMILES string of the molecule is COc1ccc(-c2nc(-c3ccc(C4(N)CC(C)(O)C4)cc3)c(-c3ccccc3)s2)cn1. The second-order valence-electron chi connectivity index (χ2n) is 8.74. The van der Waals surface area contributed by atoms with Gasteiger partial charge in [0.15, 0.2) is 0 Å². The van der Waals surface area contributed by atoms with Crippen LogP contribution in [0.2, 0.25) is 0 Å². The van der Waals surface area contributed by atoms with E-state index in [2.05, 4.69) is 41.4 Å². The van der Waals surface area contributed by atoms with Crippen molar-refractivity contribution in [3.63, 3.8) is 0 Å². The average Bonchev–Trinajstić information content (AvgIpc) is 3.24. The minimum absolute atomic E-state index is 0.466. The molecule has 32 heavy (non-hydrogen) atoms. The topological polar surface area (TPSA) is 81.3 Å². The van der Waals surface area contributed by atoms with Crippen LogP contribution in [0, 0.1) is 0 Å². The van der Waals surface area contributed by atoms with E-state index < -0.39 is 11.1 Å². The minimum Gasteiger partial charge on any atom is -0.481 e. The van der Waals surface area contributed by atoms with Gasteiger partial charge in [-0.25, -0.2) is 9.97 Å². The van der Waals surface area contributed by atoms with Crippen LogP contribution >= 0.6 is 11.3 Å². The molecule has 2 heterocycles. The zero-order valence-corrected chi connectivity index (χ0v) is 18.9. The molecular formula is C26H25N3O2S. The molecule has 0 bridgehead atoms. The third-order valence-corrected chi connectivity index (χ3v) is 7.13. The van der Waals surface area contributed by atoms with Crippen molar-refractivity contribution < 1.29 is 9.84 Å². The highest BCUT2D eigenvalue weighted by Crippen LogP contribution is 2.47. The molecule has 6 heteroatoms. The van der Waals surface area contributed by atoms with Crippen molar-refractivity contribution in [1.29, 1.82) is 0 Å². The number of aromatic nitrogens is 2. The van der Waals surface area contributed by atoms with Crippen molar-refractivity contribution in [2.24, 2.45) is 5.73 Å². The molecule has 1 aliphatic carbocycles. The fourth-order valence-corrected chi connectivity index (χ4v) is 5.61. The molecule has 4 aromatic rings. The molecule has 2 aromatic heterocycles. The first-order valence-electron chi connectivity index (χ1n) is 10.6. The van der Waals surface area contributed by atoms with E-state index in [4.69, 9.17) is 15.5 Å². The third-order valence-electron chi connectivity index (χ3n) is 5.98. The van der Waals surface area contributed by atoms with E-state index in [9.17, 15) is 5.11 Å². The predicted molar refractivity (Wildman–Crippen MR) is 128 cm³/mol. The highest BCUT2D eigenvalue weighted by molar-refractivity contribution is 7.19. The summed E-state index contributed by atoms with van der Waals surface area (Å²) in [7, 11) is 1.61. The molecule has 2 aromatic carbocycles. The highest BCUT2D eigenvalue weighted by Gasteiger charge is 2.49. The molecule has 5 nitrogen and oxygen atoms in total. The molecule has 0 atom stereocenters. The maximum absolute atomic E-state index is 10.1. The Morgan fingerprint density at radius 2 is 1.62 bits per heavy atom. The normalized spacial score (nSPS) is 22.4. The Morgan fingerprint density at radius 3 is 2.22 bits per heavy atom. The van der Waals surface area contributed by atoms with Gasteiger partial charge in [0.2, 0.25) is 5.88 Å². The quantitative estimate of drug-likeness (QED) is 0.440. The Morgan fingerprint density at radius 1 is 0.938 bits per heavy atom. The summed E-state index contributed by atoms with van der Waals surface area (Å²) < 4.78 is 5.18. The van der Waals surface area contributed by atoms with Gasteiger partial charge in [-0.2, -0.15) is 0 Å². The Hall–Kier alpha value is -3.06. The van der Waals surface area contributed by atoms with Gasteiger partial charge >= 0.3 is 0 Å². The summed E-state index contributed by atoms with van der Waals surface area (Å²) in [5, 5.41) is 11.1. The molecular weight excluding hydrogens is 418 g/mol. The number of benzene rings is 2. The second-order valence-corrected chi connectivity index (χ2v) is 9.74. The largest absolute Gasteiger partial charge is 0.481 e. The molecule has 0 aliphatic heterocycles. The molecule has 3 N–H and O–H groups in total. The van der Waals surface area contributed by atoms with Crippen LogP contribution in [0.15, 0.2) is 72.9 Å². The number of methoxy groups -OCH3 is 1. The van der Waals surface area contributed by atoms with Crippen LogP contribution < -0.4 is 10.5 Å². The summed E-state index contributed by atoms with van der Waals surface area (Å²) in [6.07, 6.45) is 2.93. The summed E-state index contributed by atoms with van der Waals surface area (Å²) in [5.41, 5.74) is 10.5. The molecule has 0 spiro atoms. The van der Waals surface area contributed by atoms with E-state index in [0.29, 0.717) is 18.7 Å². The lowest BCUT2D eigenvalue weighted by molar-refractivity contribution is -0.0738. The van der Waals surface area contributed by atoms with Crippen LogP contribution in [0.25, 0.3) is 32.3 Å². The van der Waals surface area contributed by atoms with Crippen LogP contribution in [0.1, 0.15) is 25.3 Å². The van der Waals surface area contributed by atoms with Gasteiger partial charge in [-0.3, -0.25) is 0 Å². The maximum Gasteiger partial charge on any atom is 0.212 e. The molecule has 162 valence electrons. The van der Waals surface area contributed by atoms with E-state index in [1.807, 2.05) is 37.3 Å². The lowest BCUT2D eigenvalue weighted by atomic mass is 9.63. The lowest BCUT2D eigenvalue weighted by Crippen LogP contribution is -2.58. The number of rotatable bonds is 5. The summed E-state index contributed by atoms with van der Waals surface area (Å²) in [6, 6.07) is 22.4. The highest BCUT2D eigenvalue weighted by atomic mass is 32.1. The Balaban J connectivity index is 1.54. The Bertz CT molecular complexity index is 1220. The minimum atomic E-state index is -0.676. The van der Waals surface area contributed by atoms with E-state index in [1.54, 1.807) is 24.6 Å². The van der Waals surface area contributed by atoms with E-state index in [0.717, 1.165) is 37.8 Å². The summed E-state index contributed by atoms with van der Waals surface area (Å²) >= 11 is 1.65. The average molecular weight is 444 g/mol. The maximum atomic E-state index is 10.1. The number of nitrogens with two attached hydrogens (primary N) is 1. The third kappa shape index (κ3) is 3.81. The van der Waals surface area contributed by atoms with Crippen molar-refractivity contribution >= 4 is 11.3 Å². The number of aliphatic hydroxyl groups is 1. The first-order chi connectivity index (χ1) is 15.4. The molecule has 1 aliphatic rings. The van der Waals surface area contributed by atoms with Crippen molar-refractivity contribution in [2.75, 3.05) is 7.11 Å². The van der Waals surface area contributed by atoms with Crippen LogP contribution in [-0.4, -0.2) is 27.8 Å².